The molecule has 2 aromatic carbocycles. The van der Waals surface area contributed by atoms with Gasteiger partial charge in [0.15, 0.2) is 0 Å². The lowest BCUT2D eigenvalue weighted by Gasteiger charge is -2.13. The summed E-state index contributed by atoms with van der Waals surface area (Å²) < 4.78 is 21.5. The highest BCUT2D eigenvalue weighted by Crippen LogP contribution is 2.33. The predicted molar refractivity (Wildman–Crippen MR) is 91.0 cm³/mol. The molecule has 0 heterocycles. The van der Waals surface area contributed by atoms with Crippen molar-refractivity contribution in [2.45, 2.75) is 6.61 Å². The molecule has 0 aromatic heterocycles. The molecule has 0 atom stereocenters. The number of rotatable bonds is 6. The van der Waals surface area contributed by atoms with Crippen LogP contribution in [0.2, 0.25) is 0 Å². The first-order valence-electron chi connectivity index (χ1n) is 6.94. The van der Waals surface area contributed by atoms with Crippen LogP contribution in [0.3, 0.4) is 0 Å². The number of benzene rings is 2. The Kier molecular flexibility index (Phi) is 5.92. The first kappa shape index (κ1) is 17.9. The quantitative estimate of drug-likeness (QED) is 0.752. The van der Waals surface area contributed by atoms with Crippen molar-refractivity contribution in [1.29, 1.82) is 0 Å². The number of methoxy groups -OCH3 is 3. The lowest BCUT2D eigenvalue weighted by atomic mass is 10.2. The van der Waals surface area contributed by atoms with Crippen molar-refractivity contribution in [2.75, 3.05) is 21.3 Å². The number of hydrogen-bond acceptors (Lipinski definition) is 6. The molecule has 0 aliphatic heterocycles. The van der Waals surface area contributed by atoms with Crippen LogP contribution in [0.25, 0.3) is 0 Å². The summed E-state index contributed by atoms with van der Waals surface area (Å²) in [5.41, 5.74) is 0.692. The number of carbonyl (C=O) groups is 1. The normalized spacial score (nSPS) is 10.2. The highest BCUT2D eigenvalue weighted by molar-refractivity contribution is 9.10. The molecule has 0 amide bonds. The van der Waals surface area contributed by atoms with Crippen molar-refractivity contribution in [1.82, 2.24) is 0 Å². The van der Waals surface area contributed by atoms with E-state index in [0.717, 1.165) is 4.47 Å². The summed E-state index contributed by atoms with van der Waals surface area (Å²) >= 11 is 3.36. The van der Waals surface area contributed by atoms with Crippen LogP contribution in [0.15, 0.2) is 34.8 Å². The van der Waals surface area contributed by atoms with E-state index in [2.05, 4.69) is 15.9 Å². The second-order valence-corrected chi connectivity index (χ2v) is 5.61. The average molecular weight is 397 g/mol. The third kappa shape index (κ3) is 3.91. The van der Waals surface area contributed by atoms with Crippen molar-refractivity contribution < 1.29 is 28.8 Å². The van der Waals surface area contributed by atoms with Gasteiger partial charge in [-0.15, -0.1) is 0 Å². The molecule has 0 aliphatic rings. The number of aromatic hydroxyl groups is 1. The molecule has 2 rings (SSSR count). The standard InChI is InChI=1S/C17H17BrO6/c1-21-11-4-5-12(14(19)7-11)17(20)24-9-10-6-16(23-3)13(18)8-15(10)22-2/h4-8,19H,9H2,1-3H3. The molecule has 0 spiro atoms. The Morgan fingerprint density at radius 3 is 2.33 bits per heavy atom. The number of phenolic OH excluding ortho intramolecular Hbond substituents is 1. The van der Waals surface area contributed by atoms with Crippen LogP contribution in [0, 0.1) is 0 Å². The molecule has 0 bridgehead atoms. The Bertz CT molecular complexity index is 744. The average Bonchev–Trinajstić information content (AvgIpc) is 2.59. The van der Waals surface area contributed by atoms with E-state index in [1.807, 2.05) is 0 Å². The van der Waals surface area contributed by atoms with Crippen molar-refractivity contribution in [3.63, 3.8) is 0 Å². The minimum absolute atomic E-state index is 0.0306. The van der Waals surface area contributed by atoms with Crippen molar-refractivity contribution in [3.8, 4) is 23.0 Å². The van der Waals surface area contributed by atoms with Gasteiger partial charge in [0, 0.05) is 11.6 Å². The van der Waals surface area contributed by atoms with Crippen molar-refractivity contribution in [3.05, 3.63) is 45.9 Å². The predicted octanol–water partition coefficient (Wildman–Crippen LogP) is 3.54. The van der Waals surface area contributed by atoms with E-state index in [1.165, 1.54) is 33.5 Å². The lowest BCUT2D eigenvalue weighted by molar-refractivity contribution is 0.0466. The lowest BCUT2D eigenvalue weighted by Crippen LogP contribution is -2.07. The SMILES string of the molecule is COc1ccc(C(=O)OCc2cc(OC)c(Br)cc2OC)c(O)c1. The maximum absolute atomic E-state index is 12.2. The zero-order valence-electron chi connectivity index (χ0n) is 13.5. The molecule has 0 fully saturated rings. The highest BCUT2D eigenvalue weighted by atomic mass is 79.9. The molecule has 0 saturated heterocycles. The van der Waals surface area contributed by atoms with Crippen LogP contribution in [0.5, 0.6) is 23.0 Å². The van der Waals surface area contributed by atoms with E-state index in [0.29, 0.717) is 22.8 Å². The van der Waals surface area contributed by atoms with E-state index in [9.17, 15) is 9.90 Å². The largest absolute Gasteiger partial charge is 0.507 e. The van der Waals surface area contributed by atoms with Gasteiger partial charge in [-0.1, -0.05) is 0 Å². The van der Waals surface area contributed by atoms with Crippen LogP contribution in [-0.4, -0.2) is 32.4 Å². The summed E-state index contributed by atoms with van der Waals surface area (Å²) in [6.07, 6.45) is 0. The van der Waals surface area contributed by atoms with Crippen LogP contribution >= 0.6 is 15.9 Å². The van der Waals surface area contributed by atoms with E-state index in [4.69, 9.17) is 18.9 Å². The van der Waals surface area contributed by atoms with Gasteiger partial charge in [-0.25, -0.2) is 4.79 Å². The van der Waals surface area contributed by atoms with Gasteiger partial charge >= 0.3 is 5.97 Å². The molecule has 2 aromatic rings. The number of esters is 1. The van der Waals surface area contributed by atoms with Gasteiger partial charge in [0.25, 0.3) is 0 Å². The van der Waals surface area contributed by atoms with Gasteiger partial charge < -0.3 is 24.1 Å². The second kappa shape index (κ2) is 7.92. The number of halogens is 1. The smallest absolute Gasteiger partial charge is 0.342 e. The van der Waals surface area contributed by atoms with E-state index in [1.54, 1.807) is 18.2 Å². The first-order chi connectivity index (χ1) is 11.5. The van der Waals surface area contributed by atoms with E-state index >= 15 is 0 Å². The van der Waals surface area contributed by atoms with E-state index in [-0.39, 0.29) is 17.9 Å². The summed E-state index contributed by atoms with van der Waals surface area (Å²) in [5.74, 6) is 0.728. The Labute approximate surface area is 148 Å². The summed E-state index contributed by atoms with van der Waals surface area (Å²) in [6, 6.07) is 7.80. The van der Waals surface area contributed by atoms with Crippen LogP contribution < -0.4 is 14.2 Å². The monoisotopic (exact) mass is 396 g/mol. The summed E-state index contributed by atoms with van der Waals surface area (Å²) in [4.78, 5) is 12.2. The van der Waals surface area contributed by atoms with Gasteiger partial charge in [0.1, 0.15) is 35.2 Å². The number of phenols is 1. The fraction of sp³-hybridized carbons (Fsp3) is 0.235. The van der Waals surface area contributed by atoms with Crippen LogP contribution in [-0.2, 0) is 11.3 Å². The van der Waals surface area contributed by atoms with Gasteiger partial charge in [-0.3, -0.25) is 0 Å². The minimum atomic E-state index is -0.654. The Morgan fingerprint density at radius 1 is 1.04 bits per heavy atom. The molecule has 24 heavy (non-hydrogen) atoms. The number of ether oxygens (including phenoxy) is 4. The Balaban J connectivity index is 2.17. The third-order valence-corrected chi connectivity index (χ3v) is 3.96. The molecule has 1 N–H and O–H groups in total. The van der Waals surface area contributed by atoms with Gasteiger partial charge in [0.2, 0.25) is 0 Å². The van der Waals surface area contributed by atoms with Crippen molar-refractivity contribution >= 4 is 21.9 Å². The van der Waals surface area contributed by atoms with E-state index < -0.39 is 5.97 Å². The summed E-state index contributed by atoms with van der Waals surface area (Å²) in [5, 5.41) is 9.88. The summed E-state index contributed by atoms with van der Waals surface area (Å²) in [7, 11) is 4.53. The van der Waals surface area contributed by atoms with Gasteiger partial charge in [-0.05, 0) is 40.2 Å². The molecule has 7 heteroatoms. The van der Waals surface area contributed by atoms with Gasteiger partial charge in [-0.2, -0.15) is 0 Å². The molecule has 0 aliphatic carbocycles. The molecule has 0 radical (unpaired) electrons. The first-order valence-corrected chi connectivity index (χ1v) is 7.74. The second-order valence-electron chi connectivity index (χ2n) is 4.76. The zero-order valence-corrected chi connectivity index (χ0v) is 15.0. The number of carbonyl (C=O) groups excluding carboxylic acids is 1. The molecule has 6 nitrogen and oxygen atoms in total. The van der Waals surface area contributed by atoms with Gasteiger partial charge in [0.05, 0.1) is 25.8 Å². The Morgan fingerprint density at radius 2 is 1.75 bits per heavy atom. The molecule has 128 valence electrons. The van der Waals surface area contributed by atoms with Crippen LogP contribution in [0.4, 0.5) is 0 Å². The number of hydrogen-bond donors (Lipinski definition) is 1. The minimum Gasteiger partial charge on any atom is -0.507 e. The fourth-order valence-corrected chi connectivity index (χ4v) is 2.55. The Hall–Kier alpha value is -2.41. The van der Waals surface area contributed by atoms with Crippen LogP contribution in [0.1, 0.15) is 15.9 Å². The molecular weight excluding hydrogens is 380 g/mol. The topological polar surface area (TPSA) is 74.2 Å². The van der Waals surface area contributed by atoms with Crippen molar-refractivity contribution in [2.24, 2.45) is 0 Å². The highest BCUT2D eigenvalue weighted by Gasteiger charge is 2.16. The molecular formula is C17H17BrO6. The fourth-order valence-electron chi connectivity index (χ4n) is 2.07. The maximum atomic E-state index is 12.2. The summed E-state index contributed by atoms with van der Waals surface area (Å²) in [6.45, 7) is -0.0306. The molecule has 0 unspecified atom stereocenters. The maximum Gasteiger partial charge on any atom is 0.342 e. The third-order valence-electron chi connectivity index (χ3n) is 3.34. The molecule has 0 saturated carbocycles. The zero-order chi connectivity index (χ0) is 17.7.